The molecule has 12 heavy (non-hydrogen) atoms. The average molecular weight is 170 g/mol. The maximum absolute atomic E-state index is 11.9. The zero-order valence-electron chi connectivity index (χ0n) is 6.37. The van der Waals surface area contributed by atoms with Crippen molar-refractivity contribution in [3.63, 3.8) is 0 Å². The predicted octanol–water partition coefficient (Wildman–Crippen LogP) is 1.32. The molecule has 0 N–H and O–H groups in total. The fourth-order valence-corrected chi connectivity index (χ4v) is 0.910. The van der Waals surface area contributed by atoms with Gasteiger partial charge >= 0.3 is 0 Å². The summed E-state index contributed by atoms with van der Waals surface area (Å²) in [6.07, 6.45) is 4.46. The molecule has 0 aromatic carbocycles. The lowest BCUT2D eigenvalue weighted by molar-refractivity contribution is 0.120. The molecule has 0 aliphatic heterocycles. The van der Waals surface area contributed by atoms with Crippen molar-refractivity contribution in [2.24, 2.45) is 0 Å². The van der Waals surface area contributed by atoms with Gasteiger partial charge in [0.05, 0.1) is 12.1 Å². The summed E-state index contributed by atoms with van der Waals surface area (Å²) in [4.78, 5) is 0. The molecule has 0 aliphatic carbocycles. The molecule has 0 aliphatic rings. The predicted molar refractivity (Wildman–Crippen MR) is 40.8 cm³/mol. The van der Waals surface area contributed by atoms with Gasteiger partial charge in [0.2, 0.25) is 0 Å². The number of terminal acetylenes is 1. The number of alkyl halides is 2. The lowest BCUT2D eigenvalue weighted by atomic mass is 10.3. The Hall–Kier alpha value is -1.37. The van der Waals surface area contributed by atoms with Crippen LogP contribution in [-0.4, -0.2) is 16.2 Å². The minimum absolute atomic E-state index is 0.340. The Morgan fingerprint density at radius 1 is 1.67 bits per heavy atom. The second kappa shape index (κ2) is 3.86. The Kier molecular flexibility index (Phi) is 2.81. The highest BCUT2D eigenvalue weighted by molar-refractivity contribution is 5.08. The molecule has 2 nitrogen and oxygen atoms in total. The van der Waals surface area contributed by atoms with E-state index in [1.165, 1.54) is 10.9 Å². The molecule has 0 spiro atoms. The molecule has 64 valence electrons. The summed E-state index contributed by atoms with van der Waals surface area (Å²) >= 11 is 0. The number of hydrogen-bond donors (Lipinski definition) is 0. The fourth-order valence-electron chi connectivity index (χ4n) is 0.910. The standard InChI is InChI=1S/C8H8F2N2/c1-2-3-7-4-5-11-12(7)6-8(9)10/h1,4-5,8H,3,6H2. The summed E-state index contributed by atoms with van der Waals surface area (Å²) < 4.78 is 25.0. The van der Waals surface area contributed by atoms with Gasteiger partial charge in [-0.3, -0.25) is 4.68 Å². The normalized spacial score (nSPS) is 10.2. The highest BCUT2D eigenvalue weighted by atomic mass is 19.3. The van der Waals surface area contributed by atoms with Crippen molar-refractivity contribution < 1.29 is 8.78 Å². The molecule has 0 amide bonds. The Morgan fingerprint density at radius 2 is 2.42 bits per heavy atom. The third-order valence-electron chi connectivity index (χ3n) is 1.40. The highest BCUT2D eigenvalue weighted by Crippen LogP contribution is 2.03. The second-order valence-corrected chi connectivity index (χ2v) is 2.28. The maximum atomic E-state index is 11.9. The van der Waals surface area contributed by atoms with Gasteiger partial charge in [-0.1, -0.05) is 0 Å². The van der Waals surface area contributed by atoms with Gasteiger partial charge in [0, 0.05) is 6.20 Å². The van der Waals surface area contributed by atoms with E-state index in [-0.39, 0.29) is 6.54 Å². The second-order valence-electron chi connectivity index (χ2n) is 2.28. The van der Waals surface area contributed by atoms with Crippen molar-refractivity contribution in [3.8, 4) is 12.3 Å². The van der Waals surface area contributed by atoms with Crippen LogP contribution in [0.2, 0.25) is 0 Å². The summed E-state index contributed by atoms with van der Waals surface area (Å²) in [7, 11) is 0. The monoisotopic (exact) mass is 170 g/mol. The largest absolute Gasteiger partial charge is 0.263 e. The lowest BCUT2D eigenvalue weighted by Crippen LogP contribution is -2.10. The van der Waals surface area contributed by atoms with E-state index >= 15 is 0 Å². The number of aromatic nitrogens is 2. The smallest absolute Gasteiger partial charge is 0.257 e. The Morgan fingerprint density at radius 3 is 3.00 bits per heavy atom. The molecular formula is C8H8F2N2. The van der Waals surface area contributed by atoms with E-state index in [0.717, 1.165) is 0 Å². The lowest BCUT2D eigenvalue weighted by Gasteiger charge is -2.03. The average Bonchev–Trinajstić information content (AvgIpc) is 2.37. The first-order valence-corrected chi connectivity index (χ1v) is 3.46. The molecule has 0 saturated carbocycles. The van der Waals surface area contributed by atoms with Gasteiger partial charge in [-0.15, -0.1) is 12.3 Å². The van der Waals surface area contributed by atoms with E-state index < -0.39 is 6.43 Å². The zero-order valence-corrected chi connectivity index (χ0v) is 6.37. The number of nitrogens with zero attached hydrogens (tertiary/aromatic N) is 2. The van der Waals surface area contributed by atoms with E-state index in [9.17, 15) is 8.78 Å². The van der Waals surface area contributed by atoms with Crippen LogP contribution in [0.5, 0.6) is 0 Å². The van der Waals surface area contributed by atoms with Crippen molar-refractivity contribution in [1.82, 2.24) is 9.78 Å². The molecule has 4 heteroatoms. The zero-order chi connectivity index (χ0) is 8.97. The van der Waals surface area contributed by atoms with Gasteiger partial charge in [0.1, 0.15) is 6.54 Å². The molecule has 1 aromatic heterocycles. The fraction of sp³-hybridized carbons (Fsp3) is 0.375. The van der Waals surface area contributed by atoms with Gasteiger partial charge in [-0.2, -0.15) is 5.10 Å². The Labute approximate surface area is 69.2 Å². The molecule has 0 bridgehead atoms. The van der Waals surface area contributed by atoms with Gasteiger partial charge in [-0.25, -0.2) is 8.78 Å². The first-order chi connectivity index (χ1) is 5.74. The van der Waals surface area contributed by atoms with Gasteiger partial charge < -0.3 is 0 Å². The first kappa shape index (κ1) is 8.72. The van der Waals surface area contributed by atoms with Crippen molar-refractivity contribution in [3.05, 3.63) is 18.0 Å². The van der Waals surface area contributed by atoms with Crippen LogP contribution >= 0.6 is 0 Å². The molecule has 0 saturated heterocycles. The van der Waals surface area contributed by atoms with Crippen LogP contribution in [0.25, 0.3) is 0 Å². The number of rotatable bonds is 3. The molecule has 1 rings (SSSR count). The third-order valence-corrected chi connectivity index (χ3v) is 1.40. The van der Waals surface area contributed by atoms with Crippen LogP contribution in [0.15, 0.2) is 12.3 Å². The molecule has 0 atom stereocenters. The summed E-state index contributed by atoms with van der Waals surface area (Å²) in [5, 5.41) is 3.72. The minimum atomic E-state index is -2.39. The SMILES string of the molecule is C#CCc1ccnn1CC(F)F. The van der Waals surface area contributed by atoms with Gasteiger partial charge in [-0.05, 0) is 6.07 Å². The van der Waals surface area contributed by atoms with Crippen molar-refractivity contribution in [1.29, 1.82) is 0 Å². The summed E-state index contributed by atoms with van der Waals surface area (Å²) in [5.74, 6) is 2.38. The van der Waals surface area contributed by atoms with Gasteiger partial charge in [0.25, 0.3) is 6.43 Å². The molecule has 0 fully saturated rings. The van der Waals surface area contributed by atoms with Crippen LogP contribution in [0, 0.1) is 12.3 Å². The highest BCUT2D eigenvalue weighted by Gasteiger charge is 2.07. The summed E-state index contributed by atoms with van der Waals surface area (Å²) in [5.41, 5.74) is 0.651. The quantitative estimate of drug-likeness (QED) is 0.625. The van der Waals surface area contributed by atoms with Crippen LogP contribution in [0.4, 0.5) is 8.78 Å². The summed E-state index contributed by atoms with van der Waals surface area (Å²) in [6, 6.07) is 1.64. The summed E-state index contributed by atoms with van der Waals surface area (Å²) in [6.45, 7) is -0.385. The molecular weight excluding hydrogens is 162 g/mol. The number of halogens is 2. The molecule has 0 radical (unpaired) electrons. The molecule has 1 heterocycles. The van der Waals surface area contributed by atoms with Crippen molar-refractivity contribution in [2.75, 3.05) is 0 Å². The van der Waals surface area contributed by atoms with E-state index in [1.807, 2.05) is 0 Å². The minimum Gasteiger partial charge on any atom is -0.263 e. The topological polar surface area (TPSA) is 17.8 Å². The number of hydrogen-bond acceptors (Lipinski definition) is 1. The van der Waals surface area contributed by atoms with Crippen LogP contribution in [0.1, 0.15) is 5.69 Å². The van der Waals surface area contributed by atoms with Crippen LogP contribution in [-0.2, 0) is 13.0 Å². The van der Waals surface area contributed by atoms with E-state index in [0.29, 0.717) is 12.1 Å². The van der Waals surface area contributed by atoms with Crippen LogP contribution < -0.4 is 0 Å². The van der Waals surface area contributed by atoms with Crippen molar-refractivity contribution >= 4 is 0 Å². The van der Waals surface area contributed by atoms with E-state index in [2.05, 4.69) is 11.0 Å². The van der Waals surface area contributed by atoms with Crippen LogP contribution in [0.3, 0.4) is 0 Å². The van der Waals surface area contributed by atoms with Gasteiger partial charge in [0.15, 0.2) is 0 Å². The van der Waals surface area contributed by atoms with E-state index in [4.69, 9.17) is 6.42 Å². The Bertz CT molecular complexity index is 285. The molecule has 0 unspecified atom stereocenters. The maximum Gasteiger partial charge on any atom is 0.257 e. The first-order valence-electron chi connectivity index (χ1n) is 3.46. The third kappa shape index (κ3) is 2.06. The molecule has 1 aromatic rings. The van der Waals surface area contributed by atoms with E-state index in [1.54, 1.807) is 6.07 Å². The van der Waals surface area contributed by atoms with Crippen molar-refractivity contribution in [2.45, 2.75) is 19.4 Å². The Balaban J connectivity index is 2.71.